The molecule has 0 saturated carbocycles. The summed E-state index contributed by atoms with van der Waals surface area (Å²) in [4.78, 5) is 39.2. The second-order valence-electron chi connectivity index (χ2n) is 7.63. The summed E-state index contributed by atoms with van der Waals surface area (Å²) in [6.07, 6.45) is 0. The van der Waals surface area contributed by atoms with Crippen LogP contribution in [-0.4, -0.2) is 43.1 Å². The minimum Gasteiger partial charge on any atom is -0.466 e. The maximum absolute atomic E-state index is 12.9. The molecule has 0 saturated heterocycles. The molecule has 0 spiro atoms. The molecule has 3 aromatic carbocycles. The summed E-state index contributed by atoms with van der Waals surface area (Å²) in [5, 5.41) is 4.96. The lowest BCUT2D eigenvalue weighted by molar-refractivity contribution is -0.136. The largest absolute Gasteiger partial charge is 0.466 e. The number of nitrogens with zero attached hydrogens (tertiary/aromatic N) is 1. The maximum Gasteiger partial charge on any atom is 0.338 e. The summed E-state index contributed by atoms with van der Waals surface area (Å²) in [5.74, 6) is -1.01. The number of carbonyl (C=O) groups excluding carboxylic acids is 3. The number of ether oxygens (including phenoxy) is 2. The van der Waals surface area contributed by atoms with Gasteiger partial charge in [0.15, 0.2) is 0 Å². The van der Waals surface area contributed by atoms with Crippen molar-refractivity contribution in [3.05, 3.63) is 95.2 Å². The lowest BCUT2D eigenvalue weighted by Crippen LogP contribution is -2.49. The Labute approximate surface area is 191 Å². The molecule has 0 aromatic heterocycles. The fourth-order valence-corrected chi connectivity index (χ4v) is 3.95. The number of nitrogens with one attached hydrogen (secondary N) is 1. The molecule has 1 aliphatic heterocycles. The van der Waals surface area contributed by atoms with E-state index in [-0.39, 0.29) is 19.2 Å². The second kappa shape index (κ2) is 9.56. The second-order valence-corrected chi connectivity index (χ2v) is 7.63. The van der Waals surface area contributed by atoms with Crippen molar-refractivity contribution in [2.45, 2.75) is 13.0 Å². The minimum absolute atomic E-state index is 0.0203. The summed E-state index contributed by atoms with van der Waals surface area (Å²) in [6, 6.07) is 21.2. The van der Waals surface area contributed by atoms with E-state index in [1.54, 1.807) is 31.2 Å². The number of fused-ring (bicyclic) bond motifs is 1. The Kier molecular flexibility index (Phi) is 6.40. The molecule has 0 fully saturated rings. The number of methoxy groups -OCH3 is 1. The lowest BCUT2D eigenvalue weighted by Gasteiger charge is -2.35. The van der Waals surface area contributed by atoms with Crippen LogP contribution < -0.4 is 5.32 Å². The SMILES string of the molecule is COC(=O)C1=C(C)N(CCOC(=O)c2ccccc2)C(=O)NC1c1ccc2ccccc2c1. The number of hydrogen-bond donors (Lipinski definition) is 1. The van der Waals surface area contributed by atoms with Crippen molar-refractivity contribution in [1.82, 2.24) is 10.2 Å². The standard InChI is InChI=1S/C26H24N2O5/c1-17-22(25(30)32-2)23(21-13-12-18-8-6-7-11-20(18)16-21)27-26(31)28(17)14-15-33-24(29)19-9-4-3-5-10-19/h3-13,16,23H,14-15H2,1-2H3,(H,27,31). The minimum atomic E-state index is -0.655. The van der Waals surface area contributed by atoms with Crippen molar-refractivity contribution >= 4 is 28.7 Å². The van der Waals surface area contributed by atoms with Crippen molar-refractivity contribution in [3.63, 3.8) is 0 Å². The molecule has 1 N–H and O–H groups in total. The zero-order valence-corrected chi connectivity index (χ0v) is 18.4. The van der Waals surface area contributed by atoms with Gasteiger partial charge in [-0.25, -0.2) is 14.4 Å². The fraction of sp³-hybridized carbons (Fsp3) is 0.192. The fourth-order valence-electron chi connectivity index (χ4n) is 3.95. The van der Waals surface area contributed by atoms with Crippen LogP contribution in [0.15, 0.2) is 84.1 Å². The quantitative estimate of drug-likeness (QED) is 0.576. The van der Waals surface area contributed by atoms with Crippen molar-refractivity contribution in [2.24, 2.45) is 0 Å². The molecule has 7 heteroatoms. The van der Waals surface area contributed by atoms with E-state index in [1.807, 2.05) is 48.5 Å². The first-order chi connectivity index (χ1) is 16.0. The molecular formula is C26H24N2O5. The van der Waals surface area contributed by atoms with E-state index in [0.29, 0.717) is 16.8 Å². The molecule has 7 nitrogen and oxygen atoms in total. The molecule has 33 heavy (non-hydrogen) atoms. The van der Waals surface area contributed by atoms with Crippen molar-refractivity contribution in [3.8, 4) is 0 Å². The van der Waals surface area contributed by atoms with Crippen LogP contribution >= 0.6 is 0 Å². The zero-order valence-electron chi connectivity index (χ0n) is 18.4. The highest BCUT2D eigenvalue weighted by molar-refractivity contribution is 5.95. The Bertz CT molecular complexity index is 1240. The summed E-state index contributed by atoms with van der Waals surface area (Å²) >= 11 is 0. The molecule has 0 bridgehead atoms. The van der Waals surface area contributed by atoms with E-state index in [1.165, 1.54) is 12.0 Å². The van der Waals surface area contributed by atoms with Crippen molar-refractivity contribution < 1.29 is 23.9 Å². The highest BCUT2D eigenvalue weighted by Crippen LogP contribution is 2.32. The van der Waals surface area contributed by atoms with Gasteiger partial charge in [-0.05, 0) is 41.5 Å². The van der Waals surface area contributed by atoms with Crippen LogP contribution in [0.5, 0.6) is 0 Å². The summed E-state index contributed by atoms with van der Waals surface area (Å²) in [6.45, 7) is 1.77. The van der Waals surface area contributed by atoms with Gasteiger partial charge in [-0.15, -0.1) is 0 Å². The average molecular weight is 444 g/mol. The van der Waals surface area contributed by atoms with Gasteiger partial charge in [0, 0.05) is 5.70 Å². The number of carbonyl (C=O) groups is 3. The van der Waals surface area contributed by atoms with E-state index < -0.39 is 18.0 Å². The van der Waals surface area contributed by atoms with E-state index in [9.17, 15) is 14.4 Å². The highest BCUT2D eigenvalue weighted by atomic mass is 16.5. The molecule has 1 unspecified atom stereocenters. The number of esters is 2. The topological polar surface area (TPSA) is 84.9 Å². The van der Waals surface area contributed by atoms with Gasteiger partial charge in [-0.1, -0.05) is 54.6 Å². The molecule has 1 aliphatic rings. The molecule has 1 heterocycles. The molecular weight excluding hydrogens is 420 g/mol. The normalized spacial score (nSPS) is 15.9. The van der Waals surface area contributed by atoms with Crippen LogP contribution in [0.2, 0.25) is 0 Å². The Morgan fingerprint density at radius 1 is 0.939 bits per heavy atom. The summed E-state index contributed by atoms with van der Waals surface area (Å²) < 4.78 is 10.3. The predicted octanol–water partition coefficient (Wildman–Crippen LogP) is 4.21. The third-order valence-electron chi connectivity index (χ3n) is 5.67. The molecule has 0 aliphatic carbocycles. The van der Waals surface area contributed by atoms with Crippen molar-refractivity contribution in [1.29, 1.82) is 0 Å². The predicted molar refractivity (Wildman–Crippen MR) is 123 cm³/mol. The molecule has 4 rings (SSSR count). The Balaban J connectivity index is 1.57. The number of rotatable bonds is 6. The molecule has 1 atom stereocenters. The lowest BCUT2D eigenvalue weighted by atomic mass is 9.93. The van der Waals surface area contributed by atoms with Gasteiger partial charge in [-0.3, -0.25) is 4.90 Å². The van der Waals surface area contributed by atoms with E-state index in [4.69, 9.17) is 9.47 Å². The number of hydrogen-bond acceptors (Lipinski definition) is 5. The smallest absolute Gasteiger partial charge is 0.338 e. The Hall–Kier alpha value is -4.13. The summed E-state index contributed by atoms with van der Waals surface area (Å²) in [5.41, 5.74) is 2.00. The molecule has 3 aromatic rings. The molecule has 2 amide bonds. The van der Waals surface area contributed by atoms with Gasteiger partial charge in [-0.2, -0.15) is 0 Å². The number of allylic oxidation sites excluding steroid dienone is 1. The first-order valence-corrected chi connectivity index (χ1v) is 10.6. The van der Waals surface area contributed by atoms with Gasteiger partial charge in [0.05, 0.1) is 30.8 Å². The van der Waals surface area contributed by atoms with Gasteiger partial charge in [0.2, 0.25) is 0 Å². The zero-order chi connectivity index (χ0) is 23.4. The van der Waals surface area contributed by atoms with Gasteiger partial charge >= 0.3 is 18.0 Å². The monoisotopic (exact) mass is 444 g/mol. The molecule has 168 valence electrons. The van der Waals surface area contributed by atoms with Crippen LogP contribution in [0.3, 0.4) is 0 Å². The van der Waals surface area contributed by atoms with Gasteiger partial charge in [0.1, 0.15) is 6.61 Å². The van der Waals surface area contributed by atoms with Crippen LogP contribution in [0, 0.1) is 0 Å². The van der Waals surface area contributed by atoms with Crippen LogP contribution in [0.1, 0.15) is 28.9 Å². The van der Waals surface area contributed by atoms with E-state index >= 15 is 0 Å². The van der Waals surface area contributed by atoms with Crippen molar-refractivity contribution in [2.75, 3.05) is 20.3 Å². The van der Waals surface area contributed by atoms with Crippen LogP contribution in [0.25, 0.3) is 10.8 Å². The Morgan fingerprint density at radius 2 is 1.64 bits per heavy atom. The van der Waals surface area contributed by atoms with E-state index in [0.717, 1.165) is 16.3 Å². The number of amides is 2. The molecule has 0 radical (unpaired) electrons. The van der Waals surface area contributed by atoms with E-state index in [2.05, 4.69) is 5.32 Å². The third kappa shape index (κ3) is 4.57. The van der Waals surface area contributed by atoms with Gasteiger partial charge in [0.25, 0.3) is 0 Å². The van der Waals surface area contributed by atoms with Gasteiger partial charge < -0.3 is 14.8 Å². The Morgan fingerprint density at radius 3 is 2.36 bits per heavy atom. The summed E-state index contributed by atoms with van der Waals surface area (Å²) in [7, 11) is 1.31. The van der Waals surface area contributed by atoms with Crippen LogP contribution in [-0.2, 0) is 14.3 Å². The number of benzene rings is 3. The maximum atomic E-state index is 12.9. The highest BCUT2D eigenvalue weighted by Gasteiger charge is 2.36. The first kappa shape index (κ1) is 22.1. The third-order valence-corrected chi connectivity index (χ3v) is 5.67. The van der Waals surface area contributed by atoms with Crippen LogP contribution in [0.4, 0.5) is 4.79 Å². The average Bonchev–Trinajstić information content (AvgIpc) is 2.85. The number of urea groups is 1. The first-order valence-electron chi connectivity index (χ1n) is 10.6.